The molecule has 0 atom stereocenters. The lowest BCUT2D eigenvalue weighted by atomic mass is 10.1. The maximum atomic E-state index is 5.22. The van der Waals surface area contributed by atoms with Crippen LogP contribution in [0.4, 0.5) is 5.69 Å². The molecule has 114 valence electrons. The summed E-state index contributed by atoms with van der Waals surface area (Å²) in [6.07, 6.45) is 1.84. The fourth-order valence-electron chi connectivity index (χ4n) is 2.74. The highest BCUT2D eigenvalue weighted by Crippen LogP contribution is 2.23. The molecule has 2 aromatic heterocycles. The van der Waals surface area contributed by atoms with Crippen LogP contribution in [0.5, 0.6) is 0 Å². The van der Waals surface area contributed by atoms with E-state index in [1.807, 2.05) is 19.9 Å². The van der Waals surface area contributed by atoms with Gasteiger partial charge in [-0.25, -0.2) is 0 Å². The summed E-state index contributed by atoms with van der Waals surface area (Å²) in [6.45, 7) is 6.93. The van der Waals surface area contributed by atoms with E-state index < -0.39 is 0 Å². The molecule has 2 heterocycles. The highest BCUT2D eigenvalue weighted by Gasteiger charge is 2.09. The summed E-state index contributed by atoms with van der Waals surface area (Å²) >= 11 is 0. The van der Waals surface area contributed by atoms with Crippen LogP contribution < -0.4 is 5.32 Å². The lowest BCUT2D eigenvalue weighted by Gasteiger charge is -2.11. The van der Waals surface area contributed by atoms with Gasteiger partial charge in [-0.05, 0) is 38.8 Å². The van der Waals surface area contributed by atoms with Gasteiger partial charge in [-0.3, -0.25) is 4.98 Å². The van der Waals surface area contributed by atoms with Crippen LogP contribution in [0.15, 0.2) is 34.9 Å². The monoisotopic (exact) mass is 295 g/mol. The Morgan fingerprint density at radius 1 is 1.18 bits per heavy atom. The molecule has 0 aliphatic heterocycles. The number of anilines is 1. The zero-order valence-electron chi connectivity index (χ0n) is 13.3. The number of benzene rings is 1. The molecule has 1 N–H and O–H groups in total. The predicted molar refractivity (Wildman–Crippen MR) is 89.3 cm³/mol. The lowest BCUT2D eigenvalue weighted by molar-refractivity contribution is 0.392. The maximum absolute atomic E-state index is 5.22. The lowest BCUT2D eigenvalue weighted by Crippen LogP contribution is -2.07. The molecule has 0 radical (unpaired) electrons. The number of aryl methyl sites for hydroxylation is 3. The van der Waals surface area contributed by atoms with Crippen molar-refractivity contribution in [3.8, 4) is 0 Å². The SMILES string of the molecule is CCc1cc(NCCc2c(C)noc2C)c2ccccc2n1. The second-order valence-corrected chi connectivity index (χ2v) is 5.51. The first-order valence-electron chi connectivity index (χ1n) is 7.73. The molecule has 0 fully saturated rings. The zero-order valence-corrected chi connectivity index (χ0v) is 13.3. The van der Waals surface area contributed by atoms with Crippen molar-refractivity contribution in [2.75, 3.05) is 11.9 Å². The molecule has 0 saturated carbocycles. The Hall–Kier alpha value is -2.36. The number of rotatable bonds is 5. The second kappa shape index (κ2) is 6.18. The van der Waals surface area contributed by atoms with Gasteiger partial charge in [0, 0.05) is 28.9 Å². The third kappa shape index (κ3) is 2.82. The van der Waals surface area contributed by atoms with E-state index >= 15 is 0 Å². The molecule has 1 aromatic carbocycles. The smallest absolute Gasteiger partial charge is 0.137 e. The fraction of sp³-hybridized carbons (Fsp3) is 0.333. The normalized spacial score (nSPS) is 11.0. The van der Waals surface area contributed by atoms with Gasteiger partial charge in [-0.15, -0.1) is 0 Å². The third-order valence-electron chi connectivity index (χ3n) is 4.00. The van der Waals surface area contributed by atoms with Gasteiger partial charge in [0.15, 0.2) is 0 Å². The molecule has 0 aliphatic rings. The van der Waals surface area contributed by atoms with Crippen LogP contribution in [0, 0.1) is 13.8 Å². The molecule has 4 nitrogen and oxygen atoms in total. The van der Waals surface area contributed by atoms with Crippen LogP contribution in [0.25, 0.3) is 10.9 Å². The highest BCUT2D eigenvalue weighted by atomic mass is 16.5. The predicted octanol–water partition coefficient (Wildman–Crippen LogP) is 4.06. The van der Waals surface area contributed by atoms with Crippen molar-refractivity contribution in [2.24, 2.45) is 0 Å². The van der Waals surface area contributed by atoms with Gasteiger partial charge in [0.2, 0.25) is 0 Å². The quantitative estimate of drug-likeness (QED) is 0.771. The van der Waals surface area contributed by atoms with E-state index in [4.69, 9.17) is 4.52 Å². The molecule has 4 heteroatoms. The van der Waals surface area contributed by atoms with E-state index in [-0.39, 0.29) is 0 Å². The van der Waals surface area contributed by atoms with Crippen LogP contribution in [0.2, 0.25) is 0 Å². The van der Waals surface area contributed by atoms with Gasteiger partial charge >= 0.3 is 0 Å². The van der Waals surface area contributed by atoms with Gasteiger partial charge in [-0.1, -0.05) is 30.3 Å². The van der Waals surface area contributed by atoms with E-state index in [1.54, 1.807) is 0 Å². The van der Waals surface area contributed by atoms with Gasteiger partial charge < -0.3 is 9.84 Å². The summed E-state index contributed by atoms with van der Waals surface area (Å²) in [7, 11) is 0. The molecule has 3 aromatic rings. The summed E-state index contributed by atoms with van der Waals surface area (Å²) in [4.78, 5) is 4.68. The van der Waals surface area contributed by atoms with Crippen molar-refractivity contribution >= 4 is 16.6 Å². The molecular formula is C18H21N3O. The minimum atomic E-state index is 0.847. The van der Waals surface area contributed by atoms with E-state index in [0.29, 0.717) is 0 Å². The van der Waals surface area contributed by atoms with E-state index in [1.165, 1.54) is 10.9 Å². The van der Waals surface area contributed by atoms with Crippen molar-refractivity contribution in [3.05, 3.63) is 53.0 Å². The zero-order chi connectivity index (χ0) is 15.5. The average molecular weight is 295 g/mol. The molecule has 0 saturated heterocycles. The molecule has 0 unspecified atom stereocenters. The Bertz CT molecular complexity index is 773. The minimum Gasteiger partial charge on any atom is -0.384 e. The van der Waals surface area contributed by atoms with Crippen LogP contribution in [-0.2, 0) is 12.8 Å². The number of pyridine rings is 1. The highest BCUT2D eigenvalue weighted by molar-refractivity contribution is 5.91. The molecular weight excluding hydrogens is 274 g/mol. The number of para-hydroxylation sites is 1. The Morgan fingerprint density at radius 2 is 2.00 bits per heavy atom. The first-order chi connectivity index (χ1) is 10.7. The Labute approximate surface area is 130 Å². The Kier molecular flexibility index (Phi) is 4.09. The molecule has 3 rings (SSSR count). The summed E-state index contributed by atoms with van der Waals surface area (Å²) in [5.41, 5.74) is 5.48. The van der Waals surface area contributed by atoms with E-state index in [9.17, 15) is 0 Å². The number of nitrogens with one attached hydrogen (secondary N) is 1. The topological polar surface area (TPSA) is 51.0 Å². The molecule has 0 bridgehead atoms. The van der Waals surface area contributed by atoms with Gasteiger partial charge in [-0.2, -0.15) is 0 Å². The largest absolute Gasteiger partial charge is 0.384 e. The number of nitrogens with zero attached hydrogens (tertiary/aromatic N) is 2. The third-order valence-corrected chi connectivity index (χ3v) is 4.00. The van der Waals surface area contributed by atoms with E-state index in [0.717, 1.165) is 47.7 Å². The summed E-state index contributed by atoms with van der Waals surface area (Å²) in [5.74, 6) is 0.910. The standard InChI is InChI=1S/C18H21N3O/c1-4-14-11-18(16-7-5-6-8-17(16)20-14)19-10-9-15-12(2)21-22-13(15)3/h5-8,11H,4,9-10H2,1-3H3,(H,19,20). The first-order valence-corrected chi connectivity index (χ1v) is 7.73. The number of aromatic nitrogens is 2. The second-order valence-electron chi connectivity index (χ2n) is 5.51. The van der Waals surface area contributed by atoms with Gasteiger partial charge in [0.1, 0.15) is 5.76 Å². The summed E-state index contributed by atoms with van der Waals surface area (Å²) in [5, 5.41) is 8.72. The van der Waals surface area contributed by atoms with Crippen LogP contribution in [-0.4, -0.2) is 16.7 Å². The Balaban J connectivity index is 1.81. The number of hydrogen-bond donors (Lipinski definition) is 1. The molecule has 22 heavy (non-hydrogen) atoms. The van der Waals surface area contributed by atoms with Crippen molar-refractivity contribution in [2.45, 2.75) is 33.6 Å². The first kappa shape index (κ1) is 14.6. The van der Waals surface area contributed by atoms with Gasteiger partial charge in [0.25, 0.3) is 0 Å². The van der Waals surface area contributed by atoms with Crippen LogP contribution in [0.1, 0.15) is 29.6 Å². The number of fused-ring (bicyclic) bond motifs is 1. The number of hydrogen-bond acceptors (Lipinski definition) is 4. The fourth-order valence-corrected chi connectivity index (χ4v) is 2.74. The van der Waals surface area contributed by atoms with Crippen molar-refractivity contribution < 1.29 is 4.52 Å². The van der Waals surface area contributed by atoms with Crippen LogP contribution >= 0.6 is 0 Å². The van der Waals surface area contributed by atoms with Crippen molar-refractivity contribution in [1.82, 2.24) is 10.1 Å². The molecule has 0 spiro atoms. The van der Waals surface area contributed by atoms with Crippen LogP contribution in [0.3, 0.4) is 0 Å². The maximum Gasteiger partial charge on any atom is 0.137 e. The van der Waals surface area contributed by atoms with E-state index in [2.05, 4.69) is 46.6 Å². The molecule has 0 aliphatic carbocycles. The molecule has 0 amide bonds. The summed E-state index contributed by atoms with van der Waals surface area (Å²) in [6, 6.07) is 10.4. The van der Waals surface area contributed by atoms with Crippen molar-refractivity contribution in [3.63, 3.8) is 0 Å². The minimum absolute atomic E-state index is 0.847. The Morgan fingerprint density at radius 3 is 2.73 bits per heavy atom. The summed E-state index contributed by atoms with van der Waals surface area (Å²) < 4.78 is 5.22. The van der Waals surface area contributed by atoms with Gasteiger partial charge in [0.05, 0.1) is 11.2 Å². The average Bonchev–Trinajstić information content (AvgIpc) is 2.86. The van der Waals surface area contributed by atoms with Crippen molar-refractivity contribution in [1.29, 1.82) is 0 Å².